The maximum atomic E-state index is 13.2. The highest BCUT2D eigenvalue weighted by Crippen LogP contribution is 2.35. The van der Waals surface area contributed by atoms with Crippen LogP contribution in [0.3, 0.4) is 0 Å². The average molecular weight is 470 g/mol. The first-order valence-corrected chi connectivity index (χ1v) is 11.4. The average Bonchev–Trinajstić information content (AvgIpc) is 3.18. The summed E-state index contributed by atoms with van der Waals surface area (Å²) in [6, 6.07) is 9.21. The molecule has 33 heavy (non-hydrogen) atoms. The molecule has 3 N–H and O–H groups in total. The highest BCUT2D eigenvalue weighted by molar-refractivity contribution is 6.30. The minimum atomic E-state index is -0.501. The third kappa shape index (κ3) is 5.12. The minimum Gasteiger partial charge on any atom is -0.449 e. The van der Waals surface area contributed by atoms with E-state index in [0.717, 1.165) is 31.4 Å². The van der Waals surface area contributed by atoms with Crippen LogP contribution in [0.5, 0.6) is 0 Å². The third-order valence-electron chi connectivity index (χ3n) is 6.20. The molecule has 1 fully saturated rings. The van der Waals surface area contributed by atoms with Gasteiger partial charge in [0.15, 0.2) is 0 Å². The number of fused-ring (bicyclic) bond motifs is 1. The van der Waals surface area contributed by atoms with Crippen LogP contribution in [0.1, 0.15) is 36.2 Å². The van der Waals surface area contributed by atoms with Gasteiger partial charge in [0.25, 0.3) is 5.91 Å². The van der Waals surface area contributed by atoms with Crippen molar-refractivity contribution in [3.8, 4) is 0 Å². The van der Waals surface area contributed by atoms with Gasteiger partial charge in [-0.1, -0.05) is 11.6 Å². The fourth-order valence-corrected chi connectivity index (χ4v) is 4.35. The van der Waals surface area contributed by atoms with Gasteiger partial charge in [0, 0.05) is 36.3 Å². The smallest absolute Gasteiger partial charge is 0.294 e. The molecular weight excluding hydrogens is 442 g/mol. The lowest BCUT2D eigenvalue weighted by Gasteiger charge is -2.31. The number of carbonyl (C=O) groups excluding carboxylic acids is 2. The fraction of sp³-hybridized carbons (Fsp3) is 0.375. The Balaban J connectivity index is 1.61. The summed E-state index contributed by atoms with van der Waals surface area (Å²) in [7, 11) is 5.95. The molecule has 0 radical (unpaired) electrons. The Morgan fingerprint density at radius 3 is 2.48 bits per heavy atom. The quantitative estimate of drug-likeness (QED) is 0.478. The van der Waals surface area contributed by atoms with E-state index in [9.17, 15) is 9.59 Å². The van der Waals surface area contributed by atoms with Crippen molar-refractivity contribution in [2.75, 3.05) is 37.1 Å². The van der Waals surface area contributed by atoms with E-state index in [1.807, 2.05) is 19.2 Å². The molecule has 9 heteroatoms. The largest absolute Gasteiger partial charge is 0.449 e. The van der Waals surface area contributed by atoms with Crippen LogP contribution in [0.25, 0.3) is 11.0 Å². The predicted molar refractivity (Wildman–Crippen MR) is 131 cm³/mol. The molecule has 1 aliphatic rings. The Morgan fingerprint density at radius 1 is 1.09 bits per heavy atom. The predicted octanol–water partition coefficient (Wildman–Crippen LogP) is 4.83. The molecule has 1 saturated carbocycles. The molecule has 1 aliphatic carbocycles. The summed E-state index contributed by atoms with van der Waals surface area (Å²) in [5.74, 6) is -0.333. The Morgan fingerprint density at radius 2 is 1.85 bits per heavy atom. The molecule has 0 bridgehead atoms. The summed E-state index contributed by atoms with van der Waals surface area (Å²) < 4.78 is 5.88. The summed E-state index contributed by atoms with van der Waals surface area (Å²) in [5, 5.41) is 9.91. The molecule has 0 spiro atoms. The topological polar surface area (TPSA) is 99.5 Å². The molecule has 8 nitrogen and oxygen atoms in total. The van der Waals surface area contributed by atoms with Gasteiger partial charge in [-0.25, -0.2) is 4.98 Å². The molecule has 0 aliphatic heterocycles. The van der Waals surface area contributed by atoms with Crippen LogP contribution < -0.4 is 16.0 Å². The zero-order chi connectivity index (χ0) is 23.5. The molecule has 4 rings (SSSR count). The number of halogens is 1. The number of aromatic nitrogens is 1. The van der Waals surface area contributed by atoms with Gasteiger partial charge in [0.2, 0.25) is 11.7 Å². The minimum absolute atomic E-state index is 0.0327. The zero-order valence-corrected chi connectivity index (χ0v) is 19.7. The van der Waals surface area contributed by atoms with Crippen molar-refractivity contribution in [1.29, 1.82) is 0 Å². The third-order valence-corrected chi connectivity index (χ3v) is 6.42. The number of anilines is 3. The van der Waals surface area contributed by atoms with Gasteiger partial charge in [0.05, 0.1) is 5.02 Å². The van der Waals surface area contributed by atoms with Crippen molar-refractivity contribution < 1.29 is 14.0 Å². The fourth-order valence-electron chi connectivity index (χ4n) is 4.24. The number of benzene rings is 1. The number of furan rings is 1. The molecular formula is C24H28ClN5O3. The lowest BCUT2D eigenvalue weighted by molar-refractivity contribution is -0.121. The molecule has 3 aromatic rings. The number of hydrogen-bond acceptors (Lipinski definition) is 6. The van der Waals surface area contributed by atoms with Crippen LogP contribution in [-0.4, -0.2) is 48.9 Å². The summed E-state index contributed by atoms with van der Waals surface area (Å²) in [5.41, 5.74) is 1.72. The van der Waals surface area contributed by atoms with E-state index in [1.54, 1.807) is 18.2 Å². The lowest BCUT2D eigenvalue weighted by Crippen LogP contribution is -2.35. The lowest BCUT2D eigenvalue weighted by atomic mass is 9.85. The second-order valence-electron chi connectivity index (χ2n) is 8.54. The number of carbonyl (C=O) groups is 2. The van der Waals surface area contributed by atoms with Crippen molar-refractivity contribution in [2.45, 2.75) is 31.7 Å². The van der Waals surface area contributed by atoms with Crippen LogP contribution >= 0.6 is 11.6 Å². The van der Waals surface area contributed by atoms with Gasteiger partial charge in [0.1, 0.15) is 17.1 Å². The molecule has 0 saturated heterocycles. The maximum absolute atomic E-state index is 13.2. The van der Waals surface area contributed by atoms with Gasteiger partial charge < -0.3 is 25.3 Å². The standard InChI is InChI=1S/C24H28ClN5O3/c1-26-16-7-10-19-18(12-16)21(29-23(31)14-4-8-17(9-5-14)30(2)3)22(33-19)24(32)28-20-11-6-15(25)13-27-20/h6-7,10-14,17,26H,4-5,8-9H2,1-3H3,(H,29,31)(H,27,28,32). The highest BCUT2D eigenvalue weighted by atomic mass is 35.5. The highest BCUT2D eigenvalue weighted by Gasteiger charge is 2.30. The van der Waals surface area contributed by atoms with Gasteiger partial charge in [-0.15, -0.1) is 0 Å². The van der Waals surface area contributed by atoms with E-state index >= 15 is 0 Å². The van der Waals surface area contributed by atoms with Crippen LogP contribution in [0, 0.1) is 5.92 Å². The molecule has 0 unspecified atom stereocenters. The van der Waals surface area contributed by atoms with Crippen LogP contribution in [0.15, 0.2) is 40.9 Å². The molecule has 2 amide bonds. The summed E-state index contributed by atoms with van der Waals surface area (Å²) >= 11 is 5.88. The molecule has 2 heterocycles. The van der Waals surface area contributed by atoms with E-state index in [4.69, 9.17) is 16.0 Å². The number of nitrogens with one attached hydrogen (secondary N) is 3. The zero-order valence-electron chi connectivity index (χ0n) is 18.9. The van der Waals surface area contributed by atoms with Crippen molar-refractivity contribution in [2.24, 2.45) is 5.92 Å². The van der Waals surface area contributed by atoms with Crippen LogP contribution in [-0.2, 0) is 4.79 Å². The van der Waals surface area contributed by atoms with Crippen LogP contribution in [0.2, 0.25) is 5.02 Å². The first kappa shape index (κ1) is 23.1. The SMILES string of the molecule is CNc1ccc2oc(C(=O)Nc3ccc(Cl)cn3)c(NC(=O)C3CCC(N(C)C)CC3)c2c1. The first-order chi connectivity index (χ1) is 15.9. The Bertz CT molecular complexity index is 1150. The Hall–Kier alpha value is -3.10. The van der Waals surface area contributed by atoms with E-state index in [-0.39, 0.29) is 17.6 Å². The van der Waals surface area contributed by atoms with Gasteiger partial charge in [-0.3, -0.25) is 9.59 Å². The van der Waals surface area contributed by atoms with E-state index in [0.29, 0.717) is 33.5 Å². The number of amides is 2. The number of rotatable bonds is 6. The van der Waals surface area contributed by atoms with Crippen molar-refractivity contribution in [1.82, 2.24) is 9.88 Å². The van der Waals surface area contributed by atoms with E-state index in [2.05, 4.69) is 39.9 Å². The van der Waals surface area contributed by atoms with Crippen molar-refractivity contribution in [3.05, 3.63) is 47.3 Å². The van der Waals surface area contributed by atoms with Crippen LogP contribution in [0.4, 0.5) is 17.2 Å². The summed E-state index contributed by atoms with van der Waals surface area (Å²) in [4.78, 5) is 32.6. The second-order valence-corrected chi connectivity index (χ2v) is 8.98. The van der Waals surface area contributed by atoms with E-state index < -0.39 is 5.91 Å². The summed E-state index contributed by atoms with van der Waals surface area (Å²) in [6.07, 6.45) is 5.00. The molecule has 1 aromatic carbocycles. The normalized spacial score (nSPS) is 18.3. The van der Waals surface area contributed by atoms with Gasteiger partial charge >= 0.3 is 0 Å². The Kier molecular flexibility index (Phi) is 6.85. The van der Waals surface area contributed by atoms with Crippen molar-refractivity contribution >= 4 is 51.6 Å². The Labute approximate surface area is 197 Å². The number of hydrogen-bond donors (Lipinski definition) is 3. The van der Waals surface area contributed by atoms with Gasteiger partial charge in [-0.05, 0) is 70.1 Å². The second kappa shape index (κ2) is 9.80. The summed E-state index contributed by atoms with van der Waals surface area (Å²) in [6.45, 7) is 0. The molecule has 2 aromatic heterocycles. The first-order valence-electron chi connectivity index (χ1n) is 11.0. The van der Waals surface area contributed by atoms with E-state index in [1.165, 1.54) is 6.20 Å². The maximum Gasteiger partial charge on any atom is 0.294 e. The molecule has 174 valence electrons. The molecule has 0 atom stereocenters. The number of pyridine rings is 1. The monoisotopic (exact) mass is 469 g/mol. The van der Waals surface area contributed by atoms with Gasteiger partial charge in [-0.2, -0.15) is 0 Å². The van der Waals surface area contributed by atoms with Crippen molar-refractivity contribution in [3.63, 3.8) is 0 Å². The number of nitrogens with zero attached hydrogens (tertiary/aromatic N) is 2.